The van der Waals surface area contributed by atoms with Gasteiger partial charge in [-0.2, -0.15) is 0 Å². The van der Waals surface area contributed by atoms with Crippen LogP contribution in [-0.4, -0.2) is 131 Å². The highest BCUT2D eigenvalue weighted by molar-refractivity contribution is 5.85. The van der Waals surface area contributed by atoms with E-state index >= 15 is 0 Å². The van der Waals surface area contributed by atoms with Crippen LogP contribution in [0, 0.1) is 23.7 Å². The summed E-state index contributed by atoms with van der Waals surface area (Å²) in [7, 11) is 0. The Morgan fingerprint density at radius 2 is 0.746 bits per heavy atom. The van der Waals surface area contributed by atoms with Crippen molar-refractivity contribution < 1.29 is 85.0 Å². The van der Waals surface area contributed by atoms with Crippen LogP contribution in [0.25, 0.3) is 11.1 Å². The maximum Gasteiger partial charge on any atom is 0.135 e. The number of hydrogen-bond donors (Lipinski definition) is 12. The second kappa shape index (κ2) is 36.1. The minimum Gasteiger partial charge on any atom is -0.508 e. The van der Waals surface area contributed by atoms with Gasteiger partial charge in [0, 0.05) is 45.6 Å². The Morgan fingerprint density at radius 1 is 0.415 bits per heavy atom. The van der Waals surface area contributed by atoms with E-state index in [-0.39, 0.29) is 65.3 Å². The van der Waals surface area contributed by atoms with Gasteiger partial charge < -0.3 is 85.0 Å². The van der Waals surface area contributed by atoms with E-state index in [4.69, 9.17) is 23.7 Å². The Morgan fingerprint density at radius 3 is 1.08 bits per heavy atom. The number of aliphatic hydroxyl groups excluding tert-OH is 2. The summed E-state index contributed by atoms with van der Waals surface area (Å²) >= 11 is 0. The molecule has 10 aliphatic rings. The third-order valence-corrected chi connectivity index (χ3v) is 27.9. The zero-order chi connectivity index (χ0) is 86.4. The number of unbranched alkanes of at least 4 members (excludes halogenated alkanes) is 6. The number of aromatic hydroxyl groups is 5. The molecule has 15 rings (SSSR count). The average molecular weight is 1630 g/mol. The van der Waals surface area contributed by atoms with Crippen LogP contribution in [0.1, 0.15) is 333 Å². The van der Waals surface area contributed by atoms with E-state index in [9.17, 15) is 61.3 Å². The first-order valence-electron chi connectivity index (χ1n) is 44.8. The zero-order valence-electron chi connectivity index (χ0n) is 74.4. The lowest BCUT2D eigenvalue weighted by Gasteiger charge is -2.45. The summed E-state index contributed by atoms with van der Waals surface area (Å²) < 4.78 is 31.0. The van der Waals surface area contributed by atoms with Crippen molar-refractivity contribution in [2.24, 2.45) is 23.7 Å². The van der Waals surface area contributed by atoms with E-state index in [1.54, 1.807) is 26.0 Å². The number of fused-ring (bicyclic) bond motifs is 13. The molecule has 16 atom stereocenters. The summed E-state index contributed by atoms with van der Waals surface area (Å²) in [5.74, 6) is 5.90. The number of ether oxygens (including phenoxy) is 5. The third-order valence-electron chi connectivity index (χ3n) is 27.9. The lowest BCUT2D eigenvalue weighted by molar-refractivity contribution is -0.0826. The summed E-state index contributed by atoms with van der Waals surface area (Å²) in [6.07, 6.45) is 21.8. The van der Waals surface area contributed by atoms with Crippen LogP contribution in [0.3, 0.4) is 0 Å². The molecule has 4 unspecified atom stereocenters. The molecular weight excluding hydrogens is 1490 g/mol. The molecule has 0 aromatic heterocycles. The van der Waals surface area contributed by atoms with Crippen LogP contribution in [0.4, 0.5) is 0 Å². The highest BCUT2D eigenvalue weighted by Gasteiger charge is 2.57. The van der Waals surface area contributed by atoms with Gasteiger partial charge in [-0.1, -0.05) is 117 Å². The van der Waals surface area contributed by atoms with Gasteiger partial charge in [0.05, 0.1) is 39.1 Å². The standard InChI is InChI=1S/2C21H30O4.C21H30O3.C19H28O3.C19H26O3/c2*1-5-6-7-8-13-11-15(22)18-16(12-13)25-20(2,3)14-9-10-21(4,24)19(23)17(14)18;1-5-6-7-8-14-11-16(22)19-17(12-14)24-20-18(19)15(13(2)3)9-10-21(20,4)23;1-5-6-12-9-14(20)17-15(10-12)22-18-11(2)7-8-13(16(17)18)19(3,4)21;1-5-6-12-9-14(20)17-15(10-12)22-18-16(17)13(11(2)3)7-8-19(18,4)21/h2*11-12,19,22-24H,5-10H2,1-4H3;11-12,15,18,20,22-23H,2,5-10H2,1,3-4H3;9-11,13,16,18,20-21H,5-8H2,1-4H3;9-10,13,16,18,20-21H,2,5-8H2,1,3-4H3/t2*19-,21-;15-,18+,20-,21-;;13-,16+,18-,19-/m100.0/s1. The molecule has 17 nitrogen and oxygen atoms in total. The van der Waals surface area contributed by atoms with Gasteiger partial charge in [-0.3, -0.25) is 0 Å². The Labute approximate surface area is 704 Å². The van der Waals surface area contributed by atoms with Crippen LogP contribution in [0.5, 0.6) is 57.5 Å². The average Bonchev–Trinajstić information content (AvgIpc) is 1.21. The largest absolute Gasteiger partial charge is 0.508 e. The maximum absolute atomic E-state index is 10.8. The normalized spacial score (nSPS) is 29.9. The predicted octanol–water partition coefficient (Wildman–Crippen LogP) is 20.5. The summed E-state index contributed by atoms with van der Waals surface area (Å²) in [4.78, 5) is 0. The van der Waals surface area contributed by atoms with E-state index in [0.717, 1.165) is 200 Å². The predicted molar refractivity (Wildman–Crippen MR) is 469 cm³/mol. The molecule has 3 fully saturated rings. The van der Waals surface area contributed by atoms with Crippen molar-refractivity contribution in [1.82, 2.24) is 0 Å². The van der Waals surface area contributed by atoms with E-state index in [0.29, 0.717) is 95.5 Å². The van der Waals surface area contributed by atoms with Crippen LogP contribution in [0.2, 0.25) is 0 Å². The minimum atomic E-state index is -1.20. The molecule has 3 saturated carbocycles. The molecule has 0 radical (unpaired) electrons. The molecule has 118 heavy (non-hydrogen) atoms. The van der Waals surface area contributed by atoms with Gasteiger partial charge in [0.25, 0.3) is 0 Å². The maximum atomic E-state index is 10.8. The Balaban J connectivity index is 0.000000145. The molecule has 5 aliphatic heterocycles. The molecule has 5 aromatic rings. The molecule has 12 N–H and O–H groups in total. The van der Waals surface area contributed by atoms with Gasteiger partial charge in [-0.05, 0) is 322 Å². The molecule has 650 valence electrons. The number of phenolic OH excluding ortho intramolecular Hbond substituents is 5. The third kappa shape index (κ3) is 18.9. The molecule has 0 saturated heterocycles. The lowest BCUT2D eigenvalue weighted by Crippen LogP contribution is -2.50. The SMILES string of the molecule is C=C(C)[C@@H]1CC[C@](C)(O)[C@H]2Oc3cc(CCC)cc(O)c3[C@@H]12.C=C(C)[C@@H]1CC[C@](C)(O)[C@H]2Oc3cc(CCCCC)cc(O)c3[C@@H]12.CCCCCc1cc(O)c2c(c1)OC(C)(C)C1=C2[C@@H](O)[C@](C)(O)CC1.CCCCCc1cc(O)c2c(c1)OC(C)(C)C1=C2[C@H](O)[C@@](C)(O)CC1.CCCc1cc(O)c2c(c1)OC1C(C)CCC(C(C)(C)O)C21. The number of benzene rings is 5. The lowest BCUT2D eigenvalue weighted by atomic mass is 9.65. The summed E-state index contributed by atoms with van der Waals surface area (Å²) in [5, 5.41) is 128. The highest BCUT2D eigenvalue weighted by Crippen LogP contribution is 2.61. The van der Waals surface area contributed by atoms with Crippen LogP contribution in [0.15, 0.2) is 96.1 Å². The van der Waals surface area contributed by atoms with E-state index < -0.39 is 51.4 Å². The van der Waals surface area contributed by atoms with Gasteiger partial charge in [0.15, 0.2) is 0 Å². The summed E-state index contributed by atoms with van der Waals surface area (Å²) in [5.41, 5.74) is 8.54. The van der Waals surface area contributed by atoms with Gasteiger partial charge >= 0.3 is 0 Å². The molecule has 0 amide bonds. The van der Waals surface area contributed by atoms with Crippen molar-refractivity contribution in [3.05, 3.63) is 152 Å². The van der Waals surface area contributed by atoms with Crippen molar-refractivity contribution in [3.8, 4) is 57.5 Å². The molecule has 17 heteroatoms. The van der Waals surface area contributed by atoms with Gasteiger partial charge in [-0.25, -0.2) is 0 Å². The number of aryl methyl sites for hydroxylation is 5. The number of rotatable bonds is 19. The van der Waals surface area contributed by atoms with Crippen molar-refractivity contribution in [2.45, 2.75) is 379 Å². The summed E-state index contributed by atoms with van der Waals surface area (Å²) in [6.45, 7) is 44.0. The van der Waals surface area contributed by atoms with E-state index in [1.807, 2.05) is 106 Å². The van der Waals surface area contributed by atoms with Crippen molar-refractivity contribution in [2.75, 3.05) is 0 Å². The minimum absolute atomic E-state index is 0.00748. The number of aliphatic hydroxyl groups is 7. The first-order valence-corrected chi connectivity index (χ1v) is 44.8. The second-order valence-electron chi connectivity index (χ2n) is 39.2. The Bertz CT molecular complexity index is 4380. The van der Waals surface area contributed by atoms with Crippen LogP contribution < -0.4 is 23.7 Å². The molecule has 5 aliphatic carbocycles. The van der Waals surface area contributed by atoms with Gasteiger partial charge in [0.2, 0.25) is 0 Å². The second-order valence-corrected chi connectivity index (χ2v) is 39.2. The fraction of sp³-hybridized carbons (Fsp3) is 0.624. The first kappa shape index (κ1) is 91.5. The van der Waals surface area contributed by atoms with Gasteiger partial charge in [0.1, 0.15) is 99.2 Å². The molecule has 0 bridgehead atoms. The topological polar surface area (TPSA) is 289 Å². The summed E-state index contributed by atoms with van der Waals surface area (Å²) in [6, 6.07) is 19.3. The number of allylic oxidation sites excluding steroid dienone is 2. The van der Waals surface area contributed by atoms with E-state index in [2.05, 4.69) is 66.8 Å². The smallest absolute Gasteiger partial charge is 0.135 e. The van der Waals surface area contributed by atoms with E-state index in [1.165, 1.54) is 12.8 Å². The zero-order valence-corrected chi connectivity index (χ0v) is 74.4. The number of hydrogen-bond acceptors (Lipinski definition) is 17. The highest BCUT2D eigenvalue weighted by atomic mass is 16.5. The van der Waals surface area contributed by atoms with Crippen LogP contribution >= 0.6 is 0 Å². The molecule has 5 aromatic carbocycles. The van der Waals surface area contributed by atoms with Gasteiger partial charge in [-0.15, -0.1) is 0 Å². The van der Waals surface area contributed by atoms with Crippen molar-refractivity contribution in [1.29, 1.82) is 0 Å². The Kier molecular flexibility index (Phi) is 28.0. The number of phenols is 5. The monoisotopic (exact) mass is 1630 g/mol. The fourth-order valence-electron chi connectivity index (χ4n) is 21.2. The molecule has 0 spiro atoms. The van der Waals surface area contributed by atoms with Crippen molar-refractivity contribution in [3.63, 3.8) is 0 Å². The molecular formula is C101H144O17. The fourth-order valence-corrected chi connectivity index (χ4v) is 21.2. The molecule has 5 heterocycles. The van der Waals surface area contributed by atoms with Crippen LogP contribution in [-0.2, 0) is 32.1 Å². The quantitative estimate of drug-likeness (QED) is 0.0270. The van der Waals surface area contributed by atoms with Crippen molar-refractivity contribution >= 4 is 11.1 Å². The Hall–Kier alpha value is -7.22. The first-order chi connectivity index (χ1) is 55.4.